The average molecular weight is 200 g/mol. The molecule has 1 N–H and O–H groups in total. The summed E-state index contributed by atoms with van der Waals surface area (Å²) < 4.78 is 5.06. The van der Waals surface area contributed by atoms with Crippen LogP contribution in [0, 0.1) is 0 Å². The molecule has 3 nitrogen and oxygen atoms in total. The number of benzene rings is 1. The van der Waals surface area contributed by atoms with Crippen LogP contribution in [0.4, 0.5) is 5.69 Å². The standard InChI is InChI=1S/C12H12N2O/c1-15-12-6-4-10(5-7-12)14-9-11-3-2-8-13-11/h2-9,13H,1H3/b14-9+. The number of methoxy groups -OCH3 is 1. The van der Waals surface area contributed by atoms with Crippen LogP contribution in [-0.2, 0) is 0 Å². The third kappa shape index (κ3) is 2.47. The fraction of sp³-hybridized carbons (Fsp3) is 0.0833. The number of hydrogen-bond donors (Lipinski definition) is 1. The first kappa shape index (κ1) is 9.52. The van der Waals surface area contributed by atoms with Gasteiger partial charge in [0.1, 0.15) is 5.75 Å². The number of ether oxygens (including phenoxy) is 1. The number of rotatable bonds is 3. The zero-order chi connectivity index (χ0) is 10.5. The van der Waals surface area contributed by atoms with E-state index < -0.39 is 0 Å². The van der Waals surface area contributed by atoms with Crippen LogP contribution in [0.25, 0.3) is 0 Å². The first-order chi connectivity index (χ1) is 7.38. The molecule has 0 amide bonds. The van der Waals surface area contributed by atoms with Gasteiger partial charge >= 0.3 is 0 Å². The second-order valence-electron chi connectivity index (χ2n) is 3.08. The number of H-pyrrole nitrogens is 1. The average Bonchev–Trinajstić information content (AvgIpc) is 2.80. The van der Waals surface area contributed by atoms with Gasteiger partial charge in [-0.05, 0) is 36.4 Å². The Hall–Kier alpha value is -2.03. The van der Waals surface area contributed by atoms with Crippen molar-refractivity contribution >= 4 is 11.9 Å². The van der Waals surface area contributed by atoms with Gasteiger partial charge in [-0.1, -0.05) is 0 Å². The van der Waals surface area contributed by atoms with Crippen molar-refractivity contribution in [2.75, 3.05) is 7.11 Å². The van der Waals surface area contributed by atoms with Crippen molar-refractivity contribution in [2.45, 2.75) is 0 Å². The molecule has 0 radical (unpaired) electrons. The van der Waals surface area contributed by atoms with Crippen LogP contribution in [0.3, 0.4) is 0 Å². The largest absolute Gasteiger partial charge is 0.497 e. The van der Waals surface area contributed by atoms with Crippen LogP contribution in [-0.4, -0.2) is 18.3 Å². The molecule has 2 rings (SSSR count). The predicted octanol–water partition coefficient (Wildman–Crippen LogP) is 2.77. The maximum Gasteiger partial charge on any atom is 0.119 e. The normalized spacial score (nSPS) is 10.7. The van der Waals surface area contributed by atoms with E-state index in [1.165, 1.54) is 0 Å². The van der Waals surface area contributed by atoms with Crippen molar-refractivity contribution in [3.05, 3.63) is 48.3 Å². The Morgan fingerprint density at radius 2 is 2.00 bits per heavy atom. The van der Waals surface area contributed by atoms with Gasteiger partial charge in [0.25, 0.3) is 0 Å². The molecule has 0 aliphatic heterocycles. The molecular weight excluding hydrogens is 188 g/mol. The van der Waals surface area contributed by atoms with E-state index in [2.05, 4.69) is 9.98 Å². The molecule has 3 heteroatoms. The second kappa shape index (κ2) is 4.46. The maximum atomic E-state index is 5.06. The first-order valence-corrected chi connectivity index (χ1v) is 4.70. The molecule has 1 aromatic heterocycles. The van der Waals surface area contributed by atoms with Gasteiger partial charge in [-0.2, -0.15) is 0 Å². The summed E-state index contributed by atoms with van der Waals surface area (Å²) in [5, 5.41) is 0. The molecule has 2 aromatic rings. The van der Waals surface area contributed by atoms with Gasteiger partial charge in [0.15, 0.2) is 0 Å². The number of nitrogens with one attached hydrogen (secondary N) is 1. The van der Waals surface area contributed by atoms with Crippen LogP contribution in [0.15, 0.2) is 47.6 Å². The SMILES string of the molecule is COc1ccc(/N=C/c2ccc[nH]2)cc1. The number of aromatic nitrogens is 1. The zero-order valence-corrected chi connectivity index (χ0v) is 8.47. The molecule has 0 fully saturated rings. The van der Waals surface area contributed by atoms with E-state index >= 15 is 0 Å². The molecule has 0 aliphatic rings. The number of hydrogen-bond acceptors (Lipinski definition) is 2. The van der Waals surface area contributed by atoms with Crippen LogP contribution in [0.1, 0.15) is 5.69 Å². The highest BCUT2D eigenvalue weighted by Gasteiger charge is 1.91. The lowest BCUT2D eigenvalue weighted by atomic mass is 10.3. The van der Waals surface area contributed by atoms with E-state index in [-0.39, 0.29) is 0 Å². The highest BCUT2D eigenvalue weighted by molar-refractivity contribution is 5.79. The molecule has 76 valence electrons. The third-order valence-electron chi connectivity index (χ3n) is 2.05. The molecule has 0 unspecified atom stereocenters. The van der Waals surface area contributed by atoms with Crippen molar-refractivity contribution in [3.8, 4) is 5.75 Å². The Morgan fingerprint density at radius 3 is 2.60 bits per heavy atom. The van der Waals surface area contributed by atoms with E-state index in [1.54, 1.807) is 13.3 Å². The molecule has 0 saturated heterocycles. The van der Waals surface area contributed by atoms with Crippen LogP contribution in [0.2, 0.25) is 0 Å². The van der Waals surface area contributed by atoms with Crippen LogP contribution in [0.5, 0.6) is 5.75 Å². The summed E-state index contributed by atoms with van der Waals surface area (Å²) in [6.45, 7) is 0. The number of aromatic amines is 1. The van der Waals surface area contributed by atoms with Crippen LogP contribution < -0.4 is 4.74 Å². The van der Waals surface area contributed by atoms with Gasteiger partial charge in [0.2, 0.25) is 0 Å². The van der Waals surface area contributed by atoms with E-state index in [0.717, 1.165) is 17.1 Å². The molecule has 0 spiro atoms. The summed E-state index contributed by atoms with van der Waals surface area (Å²) in [4.78, 5) is 7.37. The monoisotopic (exact) mass is 200 g/mol. The lowest BCUT2D eigenvalue weighted by molar-refractivity contribution is 0.415. The molecule has 0 atom stereocenters. The molecular formula is C12H12N2O. The third-order valence-corrected chi connectivity index (χ3v) is 2.05. The quantitative estimate of drug-likeness (QED) is 0.760. The highest BCUT2D eigenvalue weighted by atomic mass is 16.5. The summed E-state index contributed by atoms with van der Waals surface area (Å²) in [5.41, 5.74) is 1.90. The minimum Gasteiger partial charge on any atom is -0.497 e. The van der Waals surface area contributed by atoms with Gasteiger partial charge in [0, 0.05) is 6.20 Å². The zero-order valence-electron chi connectivity index (χ0n) is 8.47. The van der Waals surface area contributed by atoms with Gasteiger partial charge in [0.05, 0.1) is 24.7 Å². The van der Waals surface area contributed by atoms with E-state index in [0.29, 0.717) is 0 Å². The summed E-state index contributed by atoms with van der Waals surface area (Å²) in [7, 11) is 1.65. The Morgan fingerprint density at radius 1 is 1.20 bits per heavy atom. The maximum absolute atomic E-state index is 5.06. The lowest BCUT2D eigenvalue weighted by Crippen LogP contribution is -1.81. The molecule has 0 bridgehead atoms. The minimum absolute atomic E-state index is 0.842. The van der Waals surface area contributed by atoms with Crippen molar-refractivity contribution in [1.29, 1.82) is 0 Å². The topological polar surface area (TPSA) is 37.4 Å². The van der Waals surface area contributed by atoms with E-state index in [9.17, 15) is 0 Å². The smallest absolute Gasteiger partial charge is 0.119 e. The Bertz CT molecular complexity index is 429. The lowest BCUT2D eigenvalue weighted by Gasteiger charge is -1.98. The van der Waals surface area contributed by atoms with Gasteiger partial charge in [-0.15, -0.1) is 0 Å². The van der Waals surface area contributed by atoms with Crippen molar-refractivity contribution in [3.63, 3.8) is 0 Å². The summed E-state index contributed by atoms with van der Waals surface area (Å²) in [5.74, 6) is 0.842. The highest BCUT2D eigenvalue weighted by Crippen LogP contribution is 2.17. The van der Waals surface area contributed by atoms with Gasteiger partial charge < -0.3 is 9.72 Å². The fourth-order valence-corrected chi connectivity index (χ4v) is 1.24. The van der Waals surface area contributed by atoms with E-state index in [1.807, 2.05) is 42.6 Å². The molecule has 1 heterocycles. The number of nitrogens with zero attached hydrogens (tertiary/aromatic N) is 1. The Balaban J connectivity index is 2.11. The van der Waals surface area contributed by atoms with E-state index in [4.69, 9.17) is 4.74 Å². The summed E-state index contributed by atoms with van der Waals surface area (Å²) >= 11 is 0. The molecule has 1 aromatic carbocycles. The Kier molecular flexibility index (Phi) is 2.83. The van der Waals surface area contributed by atoms with Gasteiger partial charge in [-0.3, -0.25) is 4.99 Å². The minimum atomic E-state index is 0.842. The predicted molar refractivity (Wildman–Crippen MR) is 61.0 cm³/mol. The molecule has 15 heavy (non-hydrogen) atoms. The van der Waals surface area contributed by atoms with Crippen molar-refractivity contribution in [1.82, 2.24) is 4.98 Å². The van der Waals surface area contributed by atoms with Crippen LogP contribution >= 0.6 is 0 Å². The summed E-state index contributed by atoms with van der Waals surface area (Å²) in [6.07, 6.45) is 3.66. The second-order valence-corrected chi connectivity index (χ2v) is 3.08. The molecule has 0 saturated carbocycles. The molecule has 0 aliphatic carbocycles. The van der Waals surface area contributed by atoms with Crippen molar-refractivity contribution < 1.29 is 4.74 Å². The summed E-state index contributed by atoms with van der Waals surface area (Å²) in [6, 6.07) is 11.5. The Labute approximate surface area is 88.4 Å². The van der Waals surface area contributed by atoms with Crippen molar-refractivity contribution in [2.24, 2.45) is 4.99 Å². The fourth-order valence-electron chi connectivity index (χ4n) is 1.24. The number of aliphatic imine (C=N–C) groups is 1. The first-order valence-electron chi connectivity index (χ1n) is 4.70. The van der Waals surface area contributed by atoms with Gasteiger partial charge in [-0.25, -0.2) is 0 Å².